The molecule has 1 N–H and O–H groups in total. The number of hydrogen-bond acceptors (Lipinski definition) is 3. The van der Waals surface area contributed by atoms with Gasteiger partial charge in [0, 0.05) is 12.4 Å². The number of nitrogens with zero attached hydrogens (tertiary/aromatic N) is 1. The van der Waals surface area contributed by atoms with Crippen molar-refractivity contribution in [2.75, 3.05) is 23.1 Å². The minimum Gasteiger partial charge on any atom is -0.373 e. The summed E-state index contributed by atoms with van der Waals surface area (Å²) in [6, 6.07) is 3.78. The van der Waals surface area contributed by atoms with Crippen molar-refractivity contribution < 1.29 is 4.79 Å². The lowest BCUT2D eigenvalue weighted by Gasteiger charge is -2.26. The van der Waals surface area contributed by atoms with E-state index in [0.29, 0.717) is 11.0 Å². The third-order valence-corrected chi connectivity index (χ3v) is 6.06. The molecule has 0 aliphatic carbocycles. The molecule has 2 rings (SSSR count). The van der Waals surface area contributed by atoms with Crippen molar-refractivity contribution in [3.05, 3.63) is 24.5 Å². The molecule has 2 heterocycles. The summed E-state index contributed by atoms with van der Waals surface area (Å²) in [6.07, 6.45) is 5.66. The standard InChI is InChI=1S/C13H20N2OS/c1-10(2)12(13(16)17(3)7-8-17)15-11-5-4-6-14-9-11/h4-6,9-10,12,15H,7-8H2,1-3H3/t12-/m0/s1. The Bertz CT molecular complexity index is 401. The van der Waals surface area contributed by atoms with Gasteiger partial charge in [0.1, 0.15) is 0 Å². The lowest BCUT2D eigenvalue weighted by atomic mass is 10.1. The summed E-state index contributed by atoms with van der Waals surface area (Å²) in [7, 11) is -0.939. The maximum absolute atomic E-state index is 12.4. The number of rotatable bonds is 4. The SMILES string of the molecule is CC(C)[C@H](Nc1cccnc1)C(=O)S1(C)CC1. The number of hydrogen-bond donors (Lipinski definition) is 1. The Kier molecular flexibility index (Phi) is 3.43. The van der Waals surface area contributed by atoms with E-state index in [-0.39, 0.29) is 6.04 Å². The molecule has 1 saturated heterocycles. The molecule has 0 bridgehead atoms. The Morgan fingerprint density at radius 1 is 1.47 bits per heavy atom. The first-order valence-electron chi connectivity index (χ1n) is 5.97. The molecule has 1 aromatic heterocycles. The normalized spacial score (nSPS) is 20.7. The molecule has 4 heteroatoms. The fraction of sp³-hybridized carbons (Fsp3) is 0.538. The number of carbonyl (C=O) groups excluding carboxylic acids is 1. The predicted octanol–water partition coefficient (Wildman–Crippen LogP) is 2.49. The van der Waals surface area contributed by atoms with Crippen molar-refractivity contribution in [1.29, 1.82) is 0 Å². The van der Waals surface area contributed by atoms with Crippen LogP contribution in [0.3, 0.4) is 0 Å². The minimum absolute atomic E-state index is 0.0679. The van der Waals surface area contributed by atoms with Gasteiger partial charge < -0.3 is 5.32 Å². The zero-order chi connectivity index (χ0) is 12.5. The molecule has 0 unspecified atom stereocenters. The largest absolute Gasteiger partial charge is 0.373 e. The van der Waals surface area contributed by atoms with E-state index in [2.05, 4.69) is 30.4 Å². The average Bonchev–Trinajstić information content (AvgIpc) is 3.06. The van der Waals surface area contributed by atoms with Gasteiger partial charge in [-0.3, -0.25) is 9.78 Å². The molecule has 0 amide bonds. The van der Waals surface area contributed by atoms with Gasteiger partial charge in [0.05, 0.1) is 11.7 Å². The number of aromatic nitrogens is 1. The number of anilines is 1. The van der Waals surface area contributed by atoms with Crippen molar-refractivity contribution in [1.82, 2.24) is 4.98 Å². The second kappa shape index (κ2) is 4.69. The van der Waals surface area contributed by atoms with Crippen LogP contribution < -0.4 is 5.32 Å². The van der Waals surface area contributed by atoms with Crippen LogP contribution >= 0.6 is 10.0 Å². The van der Waals surface area contributed by atoms with Crippen molar-refractivity contribution in [3.8, 4) is 0 Å². The summed E-state index contributed by atoms with van der Waals surface area (Å²) in [5.74, 6) is 2.54. The first-order valence-corrected chi connectivity index (χ1v) is 8.35. The van der Waals surface area contributed by atoms with Gasteiger partial charge in [-0.25, -0.2) is 0 Å². The van der Waals surface area contributed by atoms with Gasteiger partial charge >= 0.3 is 0 Å². The van der Waals surface area contributed by atoms with Gasteiger partial charge in [0.2, 0.25) is 0 Å². The van der Waals surface area contributed by atoms with Crippen LogP contribution in [0.25, 0.3) is 0 Å². The number of pyridine rings is 1. The van der Waals surface area contributed by atoms with E-state index in [0.717, 1.165) is 17.2 Å². The first kappa shape index (κ1) is 12.4. The molecule has 1 fully saturated rings. The van der Waals surface area contributed by atoms with E-state index < -0.39 is 10.0 Å². The average molecular weight is 252 g/mol. The highest BCUT2D eigenvalue weighted by atomic mass is 32.3. The van der Waals surface area contributed by atoms with E-state index in [1.807, 2.05) is 12.1 Å². The van der Waals surface area contributed by atoms with E-state index >= 15 is 0 Å². The Balaban J connectivity index is 2.11. The predicted molar refractivity (Wildman–Crippen MR) is 74.7 cm³/mol. The first-order chi connectivity index (χ1) is 8.03. The van der Waals surface area contributed by atoms with Gasteiger partial charge in [-0.15, -0.1) is 0 Å². The fourth-order valence-electron chi connectivity index (χ4n) is 1.76. The third-order valence-electron chi connectivity index (χ3n) is 3.21. The minimum atomic E-state index is -0.939. The highest BCUT2D eigenvalue weighted by molar-refractivity contribution is 8.50. The Labute approximate surface area is 104 Å². The maximum atomic E-state index is 12.4. The highest BCUT2D eigenvalue weighted by Crippen LogP contribution is 2.59. The monoisotopic (exact) mass is 252 g/mol. The Morgan fingerprint density at radius 3 is 2.65 bits per heavy atom. The van der Waals surface area contributed by atoms with Crippen molar-refractivity contribution in [3.63, 3.8) is 0 Å². The van der Waals surface area contributed by atoms with Crippen LogP contribution in [0.4, 0.5) is 5.69 Å². The molecular formula is C13H20N2OS. The van der Waals surface area contributed by atoms with Gasteiger partial charge in [-0.2, -0.15) is 10.0 Å². The Hall–Kier alpha value is -1.03. The van der Waals surface area contributed by atoms with E-state index in [1.54, 1.807) is 12.4 Å². The van der Waals surface area contributed by atoms with E-state index in [4.69, 9.17) is 0 Å². The molecule has 1 aliphatic rings. The molecule has 0 radical (unpaired) electrons. The van der Waals surface area contributed by atoms with Crippen molar-refractivity contribution in [2.45, 2.75) is 19.9 Å². The molecule has 17 heavy (non-hydrogen) atoms. The van der Waals surface area contributed by atoms with Gasteiger partial charge in [0.15, 0.2) is 5.12 Å². The molecule has 1 aromatic rings. The summed E-state index contributed by atoms with van der Waals surface area (Å²) in [6.45, 7) is 4.19. The van der Waals surface area contributed by atoms with Crippen LogP contribution in [0, 0.1) is 5.92 Å². The van der Waals surface area contributed by atoms with Gasteiger partial charge in [-0.1, -0.05) is 13.8 Å². The summed E-state index contributed by atoms with van der Waals surface area (Å²) < 4.78 is 0. The van der Waals surface area contributed by atoms with Crippen LogP contribution in [0.5, 0.6) is 0 Å². The van der Waals surface area contributed by atoms with Crippen molar-refractivity contribution >= 4 is 20.8 Å². The maximum Gasteiger partial charge on any atom is 0.194 e. The molecule has 1 atom stereocenters. The lowest BCUT2D eigenvalue weighted by Crippen LogP contribution is -2.35. The van der Waals surface area contributed by atoms with Crippen LogP contribution in [0.2, 0.25) is 0 Å². The van der Waals surface area contributed by atoms with Crippen LogP contribution in [0.15, 0.2) is 24.5 Å². The smallest absolute Gasteiger partial charge is 0.194 e. The molecule has 0 spiro atoms. The van der Waals surface area contributed by atoms with E-state index in [1.165, 1.54) is 0 Å². The van der Waals surface area contributed by atoms with Crippen LogP contribution in [-0.4, -0.2) is 33.9 Å². The molecule has 94 valence electrons. The molecular weight excluding hydrogens is 232 g/mol. The summed E-state index contributed by atoms with van der Waals surface area (Å²) >= 11 is 0. The summed E-state index contributed by atoms with van der Waals surface area (Å²) in [4.78, 5) is 16.5. The zero-order valence-corrected chi connectivity index (χ0v) is 11.5. The number of carbonyl (C=O) groups is 1. The molecule has 0 aromatic carbocycles. The fourth-order valence-corrected chi connectivity index (χ4v) is 4.10. The molecule has 1 aliphatic heterocycles. The number of nitrogens with one attached hydrogen (secondary N) is 1. The van der Waals surface area contributed by atoms with Crippen LogP contribution in [-0.2, 0) is 4.79 Å². The second-order valence-corrected chi connectivity index (χ2v) is 8.88. The third kappa shape index (κ3) is 2.80. The molecule has 0 saturated carbocycles. The second-order valence-electron chi connectivity index (χ2n) is 5.11. The lowest BCUT2D eigenvalue weighted by molar-refractivity contribution is -0.112. The highest BCUT2D eigenvalue weighted by Gasteiger charge is 2.43. The van der Waals surface area contributed by atoms with Crippen LogP contribution in [0.1, 0.15) is 13.8 Å². The zero-order valence-electron chi connectivity index (χ0n) is 10.6. The summed E-state index contributed by atoms with van der Waals surface area (Å²) in [5.41, 5.74) is 0.934. The van der Waals surface area contributed by atoms with Gasteiger partial charge in [0.25, 0.3) is 0 Å². The van der Waals surface area contributed by atoms with E-state index in [9.17, 15) is 4.79 Å². The van der Waals surface area contributed by atoms with Gasteiger partial charge in [-0.05, 0) is 35.8 Å². The summed E-state index contributed by atoms with van der Waals surface area (Å²) in [5, 5.41) is 3.76. The topological polar surface area (TPSA) is 42.0 Å². The van der Waals surface area contributed by atoms with Crippen molar-refractivity contribution in [2.24, 2.45) is 5.92 Å². The quantitative estimate of drug-likeness (QED) is 0.837. The molecule has 3 nitrogen and oxygen atoms in total. The Morgan fingerprint density at radius 2 is 2.18 bits per heavy atom.